The normalized spacial score (nSPS) is 28.3. The Morgan fingerprint density at radius 2 is 2.00 bits per heavy atom. The molecule has 2 N–H and O–H groups in total. The van der Waals surface area contributed by atoms with Gasteiger partial charge in [0.1, 0.15) is 0 Å². The van der Waals surface area contributed by atoms with Gasteiger partial charge in [-0.05, 0) is 37.6 Å². The van der Waals surface area contributed by atoms with Crippen LogP contribution in [0, 0.1) is 11.3 Å². The lowest BCUT2D eigenvalue weighted by atomic mass is 9.89. The molecule has 0 spiro atoms. The Labute approximate surface area is 113 Å². The Morgan fingerprint density at radius 1 is 1.33 bits per heavy atom. The lowest BCUT2D eigenvalue weighted by Gasteiger charge is -2.40. The second-order valence-electron chi connectivity index (χ2n) is 7.13. The van der Waals surface area contributed by atoms with Gasteiger partial charge in [0.05, 0.1) is 6.10 Å². The Morgan fingerprint density at radius 3 is 2.50 bits per heavy atom. The van der Waals surface area contributed by atoms with E-state index in [9.17, 15) is 5.11 Å². The molecule has 0 aromatic heterocycles. The number of piperidine rings is 1. The molecule has 0 aromatic rings. The van der Waals surface area contributed by atoms with Gasteiger partial charge in [-0.3, -0.25) is 0 Å². The third kappa shape index (κ3) is 5.68. The van der Waals surface area contributed by atoms with E-state index < -0.39 is 0 Å². The average Bonchev–Trinajstić information content (AvgIpc) is 2.25. The smallest absolute Gasteiger partial charge is 0.0553 e. The minimum Gasteiger partial charge on any atom is -0.393 e. The first kappa shape index (κ1) is 15.9. The third-order valence-electron chi connectivity index (χ3n) is 3.70. The van der Waals surface area contributed by atoms with Crippen molar-refractivity contribution in [1.82, 2.24) is 10.2 Å². The first-order chi connectivity index (χ1) is 8.31. The predicted octanol–water partition coefficient (Wildman–Crippen LogP) is 2.10. The first-order valence-corrected chi connectivity index (χ1v) is 7.45. The molecule has 3 heteroatoms. The molecule has 0 radical (unpaired) electrons. The van der Waals surface area contributed by atoms with Crippen molar-refractivity contribution in [3.05, 3.63) is 0 Å². The van der Waals surface area contributed by atoms with Crippen LogP contribution in [0.5, 0.6) is 0 Å². The summed E-state index contributed by atoms with van der Waals surface area (Å²) in [6.45, 7) is 15.3. The van der Waals surface area contributed by atoms with Crippen molar-refractivity contribution < 1.29 is 5.11 Å². The SMILES string of the molecule is CCCN1CC(NCC(C)(C)C)CC(C(C)O)C1. The minimum atomic E-state index is -0.191. The summed E-state index contributed by atoms with van der Waals surface area (Å²) >= 11 is 0. The van der Waals surface area contributed by atoms with Crippen LogP contribution in [-0.4, -0.2) is 48.3 Å². The van der Waals surface area contributed by atoms with Crippen LogP contribution in [0.4, 0.5) is 0 Å². The van der Waals surface area contributed by atoms with Crippen LogP contribution in [0.2, 0.25) is 0 Å². The molecule has 0 saturated carbocycles. The average molecular weight is 256 g/mol. The zero-order chi connectivity index (χ0) is 13.8. The number of hydrogen-bond donors (Lipinski definition) is 2. The maximum absolute atomic E-state index is 9.85. The molecule has 108 valence electrons. The van der Waals surface area contributed by atoms with E-state index in [2.05, 4.69) is 37.9 Å². The molecule has 0 aliphatic carbocycles. The van der Waals surface area contributed by atoms with Gasteiger partial charge in [0.2, 0.25) is 0 Å². The van der Waals surface area contributed by atoms with Crippen LogP contribution in [0.1, 0.15) is 47.5 Å². The number of nitrogens with zero attached hydrogens (tertiary/aromatic N) is 1. The van der Waals surface area contributed by atoms with E-state index in [0.29, 0.717) is 17.4 Å². The largest absolute Gasteiger partial charge is 0.393 e. The molecule has 3 nitrogen and oxygen atoms in total. The molecule has 1 heterocycles. The minimum absolute atomic E-state index is 0.191. The number of hydrogen-bond acceptors (Lipinski definition) is 3. The predicted molar refractivity (Wildman–Crippen MR) is 77.8 cm³/mol. The van der Waals surface area contributed by atoms with Gasteiger partial charge in [-0.1, -0.05) is 27.7 Å². The van der Waals surface area contributed by atoms with Gasteiger partial charge >= 0.3 is 0 Å². The summed E-state index contributed by atoms with van der Waals surface area (Å²) in [4.78, 5) is 2.50. The van der Waals surface area contributed by atoms with Gasteiger partial charge in [0, 0.05) is 25.7 Å². The Bertz CT molecular complexity index is 235. The molecule has 1 saturated heterocycles. The summed E-state index contributed by atoms with van der Waals surface area (Å²) in [6, 6.07) is 0.532. The summed E-state index contributed by atoms with van der Waals surface area (Å²) in [5.41, 5.74) is 0.327. The maximum Gasteiger partial charge on any atom is 0.0553 e. The number of aliphatic hydroxyl groups is 1. The van der Waals surface area contributed by atoms with Crippen molar-refractivity contribution in [3.63, 3.8) is 0 Å². The lowest BCUT2D eigenvalue weighted by Crippen LogP contribution is -2.52. The van der Waals surface area contributed by atoms with Crippen LogP contribution >= 0.6 is 0 Å². The first-order valence-electron chi connectivity index (χ1n) is 7.45. The van der Waals surface area contributed by atoms with Crippen molar-refractivity contribution >= 4 is 0 Å². The molecule has 1 fully saturated rings. The highest BCUT2D eigenvalue weighted by atomic mass is 16.3. The van der Waals surface area contributed by atoms with E-state index in [0.717, 1.165) is 32.6 Å². The highest BCUT2D eigenvalue weighted by Gasteiger charge is 2.29. The molecule has 0 amide bonds. The van der Waals surface area contributed by atoms with Gasteiger partial charge in [-0.2, -0.15) is 0 Å². The van der Waals surface area contributed by atoms with Crippen LogP contribution in [0.15, 0.2) is 0 Å². The monoisotopic (exact) mass is 256 g/mol. The fraction of sp³-hybridized carbons (Fsp3) is 1.00. The zero-order valence-electron chi connectivity index (χ0n) is 12.9. The second kappa shape index (κ2) is 6.88. The number of rotatable bonds is 5. The molecular formula is C15H32N2O. The highest BCUT2D eigenvalue weighted by molar-refractivity contribution is 4.86. The van der Waals surface area contributed by atoms with Crippen molar-refractivity contribution in [2.24, 2.45) is 11.3 Å². The van der Waals surface area contributed by atoms with Crippen molar-refractivity contribution in [2.45, 2.75) is 59.6 Å². The van der Waals surface area contributed by atoms with Crippen LogP contribution in [-0.2, 0) is 0 Å². The fourth-order valence-corrected chi connectivity index (χ4v) is 2.68. The van der Waals surface area contributed by atoms with E-state index in [4.69, 9.17) is 0 Å². The van der Waals surface area contributed by atoms with E-state index >= 15 is 0 Å². The van der Waals surface area contributed by atoms with Gasteiger partial charge in [0.25, 0.3) is 0 Å². The van der Waals surface area contributed by atoms with Gasteiger partial charge in [-0.25, -0.2) is 0 Å². The lowest BCUT2D eigenvalue weighted by molar-refractivity contribution is 0.0465. The maximum atomic E-state index is 9.85. The number of aliphatic hydroxyl groups excluding tert-OH is 1. The van der Waals surface area contributed by atoms with E-state index in [1.807, 2.05) is 6.92 Å². The zero-order valence-corrected chi connectivity index (χ0v) is 12.9. The molecule has 3 atom stereocenters. The third-order valence-corrected chi connectivity index (χ3v) is 3.70. The van der Waals surface area contributed by atoms with Gasteiger partial charge in [-0.15, -0.1) is 0 Å². The van der Waals surface area contributed by atoms with Crippen molar-refractivity contribution in [2.75, 3.05) is 26.2 Å². The molecule has 0 bridgehead atoms. The molecule has 0 aromatic carbocycles. The Kier molecular flexibility index (Phi) is 6.09. The molecule has 1 rings (SSSR count). The Balaban J connectivity index is 2.50. The van der Waals surface area contributed by atoms with Crippen molar-refractivity contribution in [1.29, 1.82) is 0 Å². The molecule has 1 aliphatic rings. The quantitative estimate of drug-likeness (QED) is 0.791. The molecular weight excluding hydrogens is 224 g/mol. The van der Waals surface area contributed by atoms with Crippen LogP contribution in [0.25, 0.3) is 0 Å². The summed E-state index contributed by atoms with van der Waals surface area (Å²) in [5, 5.41) is 13.5. The van der Waals surface area contributed by atoms with E-state index in [1.165, 1.54) is 6.42 Å². The number of nitrogens with one attached hydrogen (secondary N) is 1. The summed E-state index contributed by atoms with van der Waals surface area (Å²) in [5.74, 6) is 0.419. The topological polar surface area (TPSA) is 35.5 Å². The molecule has 1 aliphatic heterocycles. The highest BCUT2D eigenvalue weighted by Crippen LogP contribution is 2.21. The summed E-state index contributed by atoms with van der Waals surface area (Å²) in [7, 11) is 0. The van der Waals surface area contributed by atoms with E-state index in [1.54, 1.807) is 0 Å². The molecule has 18 heavy (non-hydrogen) atoms. The van der Waals surface area contributed by atoms with E-state index in [-0.39, 0.29) is 6.10 Å². The standard InChI is InChI=1S/C15H32N2O/c1-6-7-17-9-13(12(2)18)8-14(10-17)16-11-15(3,4)5/h12-14,16,18H,6-11H2,1-5H3. The van der Waals surface area contributed by atoms with Gasteiger partial charge < -0.3 is 15.3 Å². The fourth-order valence-electron chi connectivity index (χ4n) is 2.68. The van der Waals surface area contributed by atoms with Crippen molar-refractivity contribution in [3.8, 4) is 0 Å². The molecule has 3 unspecified atom stereocenters. The van der Waals surface area contributed by atoms with Crippen LogP contribution < -0.4 is 5.32 Å². The number of likely N-dealkylation sites (tertiary alicyclic amines) is 1. The van der Waals surface area contributed by atoms with Crippen LogP contribution in [0.3, 0.4) is 0 Å². The second-order valence-corrected chi connectivity index (χ2v) is 7.13. The summed E-state index contributed by atoms with van der Waals surface area (Å²) in [6.07, 6.45) is 2.11. The van der Waals surface area contributed by atoms with Gasteiger partial charge in [0.15, 0.2) is 0 Å². The summed E-state index contributed by atoms with van der Waals surface area (Å²) < 4.78 is 0. The Hall–Kier alpha value is -0.120.